The molecule has 0 spiro atoms. The molecule has 8 atom stereocenters. The van der Waals surface area contributed by atoms with Gasteiger partial charge in [-0.1, -0.05) is 19.1 Å². The van der Waals surface area contributed by atoms with Crippen LogP contribution in [0.5, 0.6) is 0 Å². The van der Waals surface area contributed by atoms with Gasteiger partial charge in [0.15, 0.2) is 6.29 Å². The highest BCUT2D eigenvalue weighted by molar-refractivity contribution is 5.90. The highest BCUT2D eigenvalue weighted by atomic mass is 16.8. The molecule has 5 N–H and O–H groups in total. The molecule has 226 valence electrons. The second-order valence-electron chi connectivity index (χ2n) is 9.80. The molecule has 0 radical (unpaired) electrons. The number of hydrogen-bond acceptors (Lipinski definition) is 12. The van der Waals surface area contributed by atoms with E-state index in [9.17, 15) is 34.8 Å². The van der Waals surface area contributed by atoms with Crippen LogP contribution in [0.4, 0.5) is 0 Å². The van der Waals surface area contributed by atoms with E-state index in [1.807, 2.05) is 6.92 Å². The molecule has 0 unspecified atom stereocenters. The number of allylic oxidation sites excluding steroid dienone is 2. The summed E-state index contributed by atoms with van der Waals surface area (Å²) in [6.07, 6.45) is -2.98. The van der Waals surface area contributed by atoms with Crippen LogP contribution in [0.1, 0.15) is 46.5 Å². The van der Waals surface area contributed by atoms with E-state index in [1.54, 1.807) is 19.1 Å². The summed E-state index contributed by atoms with van der Waals surface area (Å²) >= 11 is 0. The topological polar surface area (TPSA) is 199 Å². The van der Waals surface area contributed by atoms with Crippen molar-refractivity contribution in [3.05, 3.63) is 35.1 Å². The Morgan fingerprint density at radius 3 is 2.42 bits per heavy atom. The molecule has 2 aliphatic rings. The fourth-order valence-corrected chi connectivity index (χ4v) is 4.34. The van der Waals surface area contributed by atoms with Crippen molar-refractivity contribution in [1.82, 2.24) is 0 Å². The lowest BCUT2D eigenvalue weighted by Gasteiger charge is -2.41. The second-order valence-corrected chi connectivity index (χ2v) is 9.80. The number of carbonyl (C=O) groups excluding carboxylic acids is 2. The van der Waals surface area contributed by atoms with Gasteiger partial charge in [-0.05, 0) is 39.0 Å². The zero-order chi connectivity index (χ0) is 30.0. The molecule has 0 aliphatic carbocycles. The smallest absolute Gasteiger partial charge is 0.337 e. The van der Waals surface area contributed by atoms with E-state index >= 15 is 0 Å². The van der Waals surface area contributed by atoms with Crippen molar-refractivity contribution in [3.8, 4) is 0 Å². The average Bonchev–Trinajstić information content (AvgIpc) is 2.92. The van der Waals surface area contributed by atoms with Crippen molar-refractivity contribution >= 4 is 17.9 Å². The average molecular weight is 573 g/mol. The van der Waals surface area contributed by atoms with E-state index in [1.165, 1.54) is 14.0 Å². The molecular formula is C27H40O13. The van der Waals surface area contributed by atoms with Crippen molar-refractivity contribution in [2.45, 2.75) is 83.5 Å². The molecule has 0 amide bonds. The SMILES string of the molecule is C/C=C1/[C@H](O[C@@H]2O[C@H](CO)[C@@H](O)[C@H](O)[C@H]2O)OC=C(C(=O)OC)[C@H]1CC(=O)OCC[C@H](C)CC/C=C(\C)C(=O)O. The minimum Gasteiger partial charge on any atom is -0.478 e. The Kier molecular flexibility index (Phi) is 13.2. The number of aliphatic hydroxyl groups is 4. The normalized spacial score (nSPS) is 30.7. The molecule has 1 fully saturated rings. The van der Waals surface area contributed by atoms with Gasteiger partial charge < -0.3 is 49.2 Å². The third-order valence-corrected chi connectivity index (χ3v) is 6.92. The Labute approximate surface area is 232 Å². The Hall–Kier alpha value is -2.81. The van der Waals surface area contributed by atoms with E-state index in [4.69, 9.17) is 28.8 Å². The maximum Gasteiger partial charge on any atom is 0.337 e. The summed E-state index contributed by atoms with van der Waals surface area (Å²) in [7, 11) is 1.18. The lowest BCUT2D eigenvalue weighted by Crippen LogP contribution is -2.60. The van der Waals surface area contributed by atoms with Crippen molar-refractivity contribution in [2.24, 2.45) is 11.8 Å². The zero-order valence-corrected chi connectivity index (χ0v) is 23.1. The highest BCUT2D eigenvalue weighted by Gasteiger charge is 2.46. The summed E-state index contributed by atoms with van der Waals surface area (Å²) in [4.78, 5) is 36.1. The Morgan fingerprint density at radius 1 is 1.12 bits per heavy atom. The quantitative estimate of drug-likeness (QED) is 0.117. The molecule has 0 aromatic heterocycles. The third kappa shape index (κ3) is 8.85. The standard InChI is InChI=1S/C27H40O13/c1-5-16-17(11-20(29)37-10-9-14(2)7-6-8-15(3)24(33)34)18(25(35)36-4)13-38-26(16)40-27-23(32)22(31)21(30)19(12-28)39-27/h5,8,13-14,17,19,21-23,26-28,30-32H,6-7,9-12H2,1-4H3,(H,33,34)/b15-8+,16-5+/t14-,17+,19-,21-,22+,23-,26+,27+/m1/s1. The number of hydrogen-bond donors (Lipinski definition) is 5. The van der Waals surface area contributed by atoms with E-state index in [2.05, 4.69) is 0 Å². The minimum atomic E-state index is -1.68. The van der Waals surface area contributed by atoms with Gasteiger partial charge in [-0.15, -0.1) is 0 Å². The maximum absolute atomic E-state index is 12.8. The number of methoxy groups -OCH3 is 1. The summed E-state index contributed by atoms with van der Waals surface area (Å²) < 4.78 is 26.9. The van der Waals surface area contributed by atoms with E-state index in [0.29, 0.717) is 18.4 Å². The molecule has 13 nitrogen and oxygen atoms in total. The predicted molar refractivity (Wildman–Crippen MR) is 137 cm³/mol. The molecule has 0 bridgehead atoms. The molecule has 0 saturated carbocycles. The zero-order valence-electron chi connectivity index (χ0n) is 23.1. The molecule has 0 aromatic rings. The van der Waals surface area contributed by atoms with Crippen molar-refractivity contribution in [3.63, 3.8) is 0 Å². The molecular weight excluding hydrogens is 532 g/mol. The number of rotatable bonds is 13. The molecule has 2 aliphatic heterocycles. The molecule has 13 heteroatoms. The van der Waals surface area contributed by atoms with Crippen LogP contribution >= 0.6 is 0 Å². The predicted octanol–water partition coefficient (Wildman–Crippen LogP) is 0.549. The molecule has 1 saturated heterocycles. The number of esters is 2. The van der Waals surface area contributed by atoms with Gasteiger partial charge in [-0.25, -0.2) is 9.59 Å². The van der Waals surface area contributed by atoms with E-state index in [-0.39, 0.29) is 30.1 Å². The lowest BCUT2D eigenvalue weighted by atomic mass is 9.86. The van der Waals surface area contributed by atoms with Crippen LogP contribution in [0.3, 0.4) is 0 Å². The maximum atomic E-state index is 12.8. The van der Waals surface area contributed by atoms with Gasteiger partial charge in [-0.2, -0.15) is 0 Å². The number of carbonyl (C=O) groups is 3. The van der Waals surface area contributed by atoms with Gasteiger partial charge >= 0.3 is 17.9 Å². The summed E-state index contributed by atoms with van der Waals surface area (Å²) in [6.45, 7) is 4.60. The van der Waals surface area contributed by atoms with Gasteiger partial charge in [0.25, 0.3) is 0 Å². The van der Waals surface area contributed by atoms with Crippen LogP contribution in [-0.2, 0) is 38.1 Å². The largest absolute Gasteiger partial charge is 0.478 e. The van der Waals surface area contributed by atoms with E-state index in [0.717, 1.165) is 12.7 Å². The van der Waals surface area contributed by atoms with Gasteiger partial charge in [0.05, 0.1) is 38.6 Å². The second kappa shape index (κ2) is 15.8. The van der Waals surface area contributed by atoms with Gasteiger partial charge in [0.2, 0.25) is 6.29 Å². The van der Waals surface area contributed by atoms with Crippen molar-refractivity contribution in [1.29, 1.82) is 0 Å². The first-order valence-corrected chi connectivity index (χ1v) is 13.1. The molecule has 40 heavy (non-hydrogen) atoms. The summed E-state index contributed by atoms with van der Waals surface area (Å²) in [5, 5.41) is 48.8. The van der Waals surface area contributed by atoms with Crippen LogP contribution in [0.25, 0.3) is 0 Å². The lowest BCUT2D eigenvalue weighted by molar-refractivity contribution is -0.327. The van der Waals surface area contributed by atoms with E-state index < -0.39 is 67.4 Å². The summed E-state index contributed by atoms with van der Waals surface area (Å²) in [6, 6.07) is 0. The first kappa shape index (κ1) is 33.4. The first-order valence-electron chi connectivity index (χ1n) is 13.1. The number of aliphatic hydroxyl groups excluding tert-OH is 4. The molecule has 2 heterocycles. The Balaban J connectivity index is 2.05. The van der Waals surface area contributed by atoms with Crippen LogP contribution in [0.2, 0.25) is 0 Å². The number of aliphatic carboxylic acids is 1. The number of ether oxygens (including phenoxy) is 5. The summed E-state index contributed by atoms with van der Waals surface area (Å²) in [5.41, 5.74) is 0.638. The summed E-state index contributed by atoms with van der Waals surface area (Å²) in [5.74, 6) is -2.99. The van der Waals surface area contributed by atoms with Gasteiger partial charge in [0.1, 0.15) is 24.4 Å². The fraction of sp³-hybridized carbons (Fsp3) is 0.667. The fourth-order valence-electron chi connectivity index (χ4n) is 4.34. The number of carboxylic acid groups (broad SMARTS) is 1. The third-order valence-electron chi connectivity index (χ3n) is 6.92. The van der Waals surface area contributed by atoms with Crippen LogP contribution in [0.15, 0.2) is 35.1 Å². The van der Waals surface area contributed by atoms with Crippen molar-refractivity contribution in [2.75, 3.05) is 20.3 Å². The van der Waals surface area contributed by atoms with Crippen molar-refractivity contribution < 1.29 is 63.6 Å². The van der Waals surface area contributed by atoms with Crippen LogP contribution < -0.4 is 0 Å². The molecule has 0 aromatic carbocycles. The Bertz CT molecular complexity index is 969. The van der Waals surface area contributed by atoms with Gasteiger partial charge in [-0.3, -0.25) is 4.79 Å². The van der Waals surface area contributed by atoms with Crippen LogP contribution in [-0.4, -0.2) is 101 Å². The minimum absolute atomic E-state index is 0.0372. The Morgan fingerprint density at radius 2 is 1.82 bits per heavy atom. The van der Waals surface area contributed by atoms with Crippen LogP contribution in [0, 0.1) is 11.8 Å². The van der Waals surface area contributed by atoms with Gasteiger partial charge in [0, 0.05) is 17.1 Å². The highest BCUT2D eigenvalue weighted by Crippen LogP contribution is 2.36. The number of carboxylic acids is 1. The molecule has 2 rings (SSSR count). The monoisotopic (exact) mass is 572 g/mol. The first-order chi connectivity index (χ1) is 18.9.